The highest BCUT2D eigenvalue weighted by atomic mass is 16.5. The van der Waals surface area contributed by atoms with Crippen LogP contribution in [-0.2, 0) is 11.3 Å². The predicted octanol–water partition coefficient (Wildman–Crippen LogP) is 2.40. The van der Waals surface area contributed by atoms with Gasteiger partial charge in [0.25, 0.3) is 0 Å². The van der Waals surface area contributed by atoms with E-state index in [1.165, 1.54) is 12.0 Å². The standard InChI is InChI=1S/C21H29N5O2/c1-27-19-6-4-17(5-7-19)15-25-10-2-3-18(16-25)23-20-8-9-22-21(24-20)26-11-13-28-14-12-26/h4-9,18H,2-3,10-16H2,1H3,(H,22,23,24). The van der Waals surface area contributed by atoms with Crippen LogP contribution in [0, 0.1) is 0 Å². The Morgan fingerprint density at radius 1 is 1.14 bits per heavy atom. The molecule has 1 unspecified atom stereocenters. The number of anilines is 2. The highest BCUT2D eigenvalue weighted by Gasteiger charge is 2.21. The second-order valence-electron chi connectivity index (χ2n) is 7.41. The van der Waals surface area contributed by atoms with Crippen LogP contribution in [0.15, 0.2) is 36.5 Å². The maximum absolute atomic E-state index is 5.42. The summed E-state index contributed by atoms with van der Waals surface area (Å²) < 4.78 is 10.7. The molecule has 3 heterocycles. The van der Waals surface area contributed by atoms with Gasteiger partial charge in [0, 0.05) is 38.4 Å². The molecule has 1 aromatic carbocycles. The van der Waals surface area contributed by atoms with E-state index in [0.29, 0.717) is 6.04 Å². The summed E-state index contributed by atoms with van der Waals surface area (Å²) in [5.41, 5.74) is 1.32. The number of benzene rings is 1. The van der Waals surface area contributed by atoms with Crippen LogP contribution in [0.4, 0.5) is 11.8 Å². The summed E-state index contributed by atoms with van der Waals surface area (Å²) in [6.45, 7) is 6.29. The van der Waals surface area contributed by atoms with E-state index in [0.717, 1.165) is 69.9 Å². The van der Waals surface area contributed by atoms with Gasteiger partial charge in [-0.15, -0.1) is 0 Å². The van der Waals surface area contributed by atoms with Crippen molar-refractivity contribution in [2.45, 2.75) is 25.4 Å². The number of likely N-dealkylation sites (tertiary alicyclic amines) is 1. The van der Waals surface area contributed by atoms with E-state index in [4.69, 9.17) is 14.5 Å². The van der Waals surface area contributed by atoms with Crippen LogP contribution in [0.2, 0.25) is 0 Å². The van der Waals surface area contributed by atoms with E-state index in [2.05, 4.69) is 32.2 Å². The molecule has 0 spiro atoms. The van der Waals surface area contributed by atoms with Crippen molar-refractivity contribution in [1.29, 1.82) is 0 Å². The molecule has 2 aromatic rings. The van der Waals surface area contributed by atoms with Crippen molar-refractivity contribution < 1.29 is 9.47 Å². The third kappa shape index (κ3) is 4.91. The van der Waals surface area contributed by atoms with E-state index in [9.17, 15) is 0 Å². The Kier molecular flexibility index (Phi) is 6.24. The number of nitrogens with zero attached hydrogens (tertiary/aromatic N) is 4. The summed E-state index contributed by atoms with van der Waals surface area (Å²) in [5.74, 6) is 2.61. The maximum Gasteiger partial charge on any atom is 0.227 e. The SMILES string of the molecule is COc1ccc(CN2CCCC(Nc3ccnc(N4CCOCC4)n3)C2)cc1. The molecule has 2 aliphatic rings. The Bertz CT molecular complexity index is 749. The van der Waals surface area contributed by atoms with E-state index in [1.54, 1.807) is 7.11 Å². The lowest BCUT2D eigenvalue weighted by Gasteiger charge is -2.33. The molecule has 0 radical (unpaired) electrons. The smallest absolute Gasteiger partial charge is 0.227 e. The lowest BCUT2D eigenvalue weighted by atomic mass is 10.0. The predicted molar refractivity (Wildman–Crippen MR) is 110 cm³/mol. The fraction of sp³-hybridized carbons (Fsp3) is 0.524. The lowest BCUT2D eigenvalue weighted by Crippen LogP contribution is -2.42. The first kappa shape index (κ1) is 19.0. The quantitative estimate of drug-likeness (QED) is 0.822. The normalized spacial score (nSPS) is 20.8. The summed E-state index contributed by atoms with van der Waals surface area (Å²) in [5, 5.41) is 3.62. The molecular weight excluding hydrogens is 354 g/mol. The molecule has 2 aliphatic heterocycles. The van der Waals surface area contributed by atoms with Crippen molar-refractivity contribution in [1.82, 2.24) is 14.9 Å². The first-order valence-corrected chi connectivity index (χ1v) is 10.1. The molecule has 0 amide bonds. The zero-order chi connectivity index (χ0) is 19.2. The van der Waals surface area contributed by atoms with Crippen molar-refractivity contribution in [2.75, 3.05) is 56.7 Å². The van der Waals surface area contributed by atoms with Crippen LogP contribution in [0.5, 0.6) is 5.75 Å². The average Bonchev–Trinajstić information content (AvgIpc) is 2.75. The highest BCUT2D eigenvalue weighted by molar-refractivity contribution is 5.42. The van der Waals surface area contributed by atoms with Crippen LogP contribution in [0.3, 0.4) is 0 Å². The third-order valence-electron chi connectivity index (χ3n) is 5.36. The molecular formula is C21H29N5O2. The second kappa shape index (κ2) is 9.21. The van der Waals surface area contributed by atoms with Crippen molar-refractivity contribution >= 4 is 11.8 Å². The Labute approximate surface area is 166 Å². The van der Waals surface area contributed by atoms with Gasteiger partial charge < -0.3 is 19.7 Å². The zero-order valence-corrected chi connectivity index (χ0v) is 16.5. The molecule has 4 rings (SSSR count). The summed E-state index contributed by atoms with van der Waals surface area (Å²) >= 11 is 0. The molecule has 1 atom stereocenters. The Hall–Kier alpha value is -2.38. The molecule has 1 N–H and O–H groups in total. The van der Waals surface area contributed by atoms with E-state index < -0.39 is 0 Å². The van der Waals surface area contributed by atoms with Crippen LogP contribution in [-0.4, -0.2) is 67.4 Å². The van der Waals surface area contributed by atoms with Gasteiger partial charge in [0.05, 0.1) is 20.3 Å². The van der Waals surface area contributed by atoms with Gasteiger partial charge in [0.1, 0.15) is 11.6 Å². The minimum absolute atomic E-state index is 0.402. The second-order valence-corrected chi connectivity index (χ2v) is 7.41. The summed E-state index contributed by atoms with van der Waals surface area (Å²) in [6, 6.07) is 10.7. The van der Waals surface area contributed by atoms with Crippen LogP contribution < -0.4 is 15.0 Å². The number of nitrogens with one attached hydrogen (secondary N) is 1. The lowest BCUT2D eigenvalue weighted by molar-refractivity contribution is 0.122. The van der Waals surface area contributed by atoms with Gasteiger partial charge >= 0.3 is 0 Å². The van der Waals surface area contributed by atoms with Crippen LogP contribution in [0.25, 0.3) is 0 Å². The van der Waals surface area contributed by atoms with Crippen LogP contribution in [0.1, 0.15) is 18.4 Å². The molecule has 0 aliphatic carbocycles. The monoisotopic (exact) mass is 383 g/mol. The number of rotatable bonds is 6. The topological polar surface area (TPSA) is 62.8 Å². The van der Waals surface area contributed by atoms with Crippen molar-refractivity contribution in [3.05, 3.63) is 42.1 Å². The Balaban J connectivity index is 1.34. The Morgan fingerprint density at radius 3 is 2.75 bits per heavy atom. The van der Waals surface area contributed by atoms with Gasteiger partial charge in [-0.25, -0.2) is 4.98 Å². The number of aromatic nitrogens is 2. The molecule has 28 heavy (non-hydrogen) atoms. The molecule has 0 bridgehead atoms. The Morgan fingerprint density at radius 2 is 1.96 bits per heavy atom. The molecule has 2 fully saturated rings. The van der Waals surface area contributed by atoms with Gasteiger partial charge in [-0.1, -0.05) is 12.1 Å². The van der Waals surface area contributed by atoms with Crippen molar-refractivity contribution in [3.63, 3.8) is 0 Å². The molecule has 7 nitrogen and oxygen atoms in total. The van der Waals surface area contributed by atoms with Gasteiger partial charge in [-0.05, 0) is 43.1 Å². The van der Waals surface area contributed by atoms with Crippen molar-refractivity contribution in [3.8, 4) is 5.75 Å². The fourth-order valence-corrected chi connectivity index (χ4v) is 3.86. The minimum atomic E-state index is 0.402. The minimum Gasteiger partial charge on any atom is -0.497 e. The number of hydrogen-bond acceptors (Lipinski definition) is 7. The molecule has 7 heteroatoms. The van der Waals surface area contributed by atoms with Crippen molar-refractivity contribution in [2.24, 2.45) is 0 Å². The molecule has 0 saturated carbocycles. The van der Waals surface area contributed by atoms with Gasteiger partial charge in [0.2, 0.25) is 5.95 Å². The highest BCUT2D eigenvalue weighted by Crippen LogP contribution is 2.19. The van der Waals surface area contributed by atoms with Crippen LogP contribution >= 0.6 is 0 Å². The average molecular weight is 383 g/mol. The molecule has 2 saturated heterocycles. The molecule has 150 valence electrons. The largest absolute Gasteiger partial charge is 0.497 e. The van der Waals surface area contributed by atoms with E-state index in [-0.39, 0.29) is 0 Å². The van der Waals surface area contributed by atoms with E-state index in [1.807, 2.05) is 24.4 Å². The number of ether oxygens (including phenoxy) is 2. The van der Waals surface area contributed by atoms with E-state index >= 15 is 0 Å². The zero-order valence-electron chi connectivity index (χ0n) is 16.5. The molecule has 1 aromatic heterocycles. The van der Waals surface area contributed by atoms with Gasteiger partial charge in [0.15, 0.2) is 0 Å². The number of hydrogen-bond donors (Lipinski definition) is 1. The fourth-order valence-electron chi connectivity index (χ4n) is 3.86. The summed E-state index contributed by atoms with van der Waals surface area (Å²) in [6.07, 6.45) is 4.20. The maximum atomic E-state index is 5.42. The third-order valence-corrected chi connectivity index (χ3v) is 5.36. The summed E-state index contributed by atoms with van der Waals surface area (Å²) in [7, 11) is 1.70. The number of piperidine rings is 1. The van der Waals surface area contributed by atoms with Gasteiger partial charge in [-0.3, -0.25) is 4.90 Å². The van der Waals surface area contributed by atoms with Gasteiger partial charge in [-0.2, -0.15) is 4.98 Å². The number of methoxy groups -OCH3 is 1. The summed E-state index contributed by atoms with van der Waals surface area (Å²) in [4.78, 5) is 13.9. The number of morpholine rings is 1. The first-order chi connectivity index (χ1) is 13.8. The first-order valence-electron chi connectivity index (χ1n) is 10.1.